The van der Waals surface area contributed by atoms with E-state index in [1.54, 1.807) is 0 Å². The summed E-state index contributed by atoms with van der Waals surface area (Å²) in [6.45, 7) is 11.2. The van der Waals surface area contributed by atoms with Crippen LogP contribution in [0.3, 0.4) is 0 Å². The van der Waals surface area contributed by atoms with Crippen molar-refractivity contribution in [3.05, 3.63) is 29.3 Å². The monoisotopic (exact) mass is 419 g/mol. The van der Waals surface area contributed by atoms with E-state index in [-0.39, 0.29) is 17.7 Å². The summed E-state index contributed by atoms with van der Waals surface area (Å²) in [5.74, 6) is 1.57. The van der Waals surface area contributed by atoms with E-state index >= 15 is 0 Å². The van der Waals surface area contributed by atoms with Crippen LogP contribution in [0.4, 0.5) is 5.69 Å². The van der Waals surface area contributed by atoms with Crippen molar-refractivity contribution in [3.63, 3.8) is 0 Å². The van der Waals surface area contributed by atoms with Crippen LogP contribution in [0.1, 0.15) is 40.0 Å². The molecule has 2 amide bonds. The second-order valence-corrected chi connectivity index (χ2v) is 9.54. The van der Waals surface area contributed by atoms with Gasteiger partial charge in [0.2, 0.25) is 11.8 Å². The lowest BCUT2D eigenvalue weighted by Gasteiger charge is -2.37. The van der Waals surface area contributed by atoms with Gasteiger partial charge in [-0.2, -0.15) is 0 Å². The second kappa shape index (κ2) is 9.84. The van der Waals surface area contributed by atoms with Gasteiger partial charge in [-0.3, -0.25) is 9.59 Å². The molecule has 0 N–H and O–H groups in total. The number of hydrogen-bond donors (Lipinski definition) is 0. The quantitative estimate of drug-likeness (QED) is 0.726. The number of carbonyl (C=O) groups is 2. The molecule has 2 heterocycles. The summed E-state index contributed by atoms with van der Waals surface area (Å²) in [5.41, 5.74) is 1.11. The Kier molecular flexibility index (Phi) is 7.44. The van der Waals surface area contributed by atoms with Crippen molar-refractivity contribution >= 4 is 29.1 Å². The first kappa shape index (κ1) is 21.9. The van der Waals surface area contributed by atoms with Gasteiger partial charge in [0.25, 0.3) is 0 Å². The molecule has 1 aromatic carbocycles. The number of benzene rings is 1. The van der Waals surface area contributed by atoms with Crippen LogP contribution in [-0.4, -0.2) is 60.9 Å². The van der Waals surface area contributed by atoms with Crippen molar-refractivity contribution < 1.29 is 9.59 Å². The maximum Gasteiger partial charge on any atom is 0.222 e. The first-order chi connectivity index (χ1) is 13.8. The van der Waals surface area contributed by atoms with E-state index < -0.39 is 0 Å². The van der Waals surface area contributed by atoms with Gasteiger partial charge in [-0.05, 0) is 42.4 Å². The minimum absolute atomic E-state index is 0.0773. The van der Waals surface area contributed by atoms with Gasteiger partial charge in [-0.1, -0.05) is 38.4 Å². The molecule has 2 fully saturated rings. The predicted octanol–water partition coefficient (Wildman–Crippen LogP) is 3.91. The summed E-state index contributed by atoms with van der Waals surface area (Å²) >= 11 is 6.09. The van der Waals surface area contributed by atoms with Gasteiger partial charge >= 0.3 is 0 Å². The van der Waals surface area contributed by atoms with Gasteiger partial charge in [0.15, 0.2) is 0 Å². The van der Waals surface area contributed by atoms with Crippen LogP contribution in [0, 0.1) is 17.8 Å². The predicted molar refractivity (Wildman–Crippen MR) is 118 cm³/mol. The van der Waals surface area contributed by atoms with E-state index in [1.165, 1.54) is 6.42 Å². The minimum atomic E-state index is 0.0773. The van der Waals surface area contributed by atoms with Crippen LogP contribution in [-0.2, 0) is 9.59 Å². The lowest BCUT2D eigenvalue weighted by Crippen LogP contribution is -2.49. The van der Waals surface area contributed by atoms with Gasteiger partial charge in [-0.15, -0.1) is 0 Å². The molecule has 2 aliphatic rings. The summed E-state index contributed by atoms with van der Waals surface area (Å²) in [4.78, 5) is 31.6. The molecule has 0 bridgehead atoms. The minimum Gasteiger partial charge on any atom is -0.368 e. The number of hydrogen-bond acceptors (Lipinski definition) is 3. The first-order valence-corrected chi connectivity index (χ1v) is 11.3. The average molecular weight is 420 g/mol. The fourth-order valence-corrected chi connectivity index (χ4v) is 4.86. The molecular weight excluding hydrogens is 386 g/mol. The van der Waals surface area contributed by atoms with Crippen molar-refractivity contribution in [2.75, 3.05) is 44.2 Å². The largest absolute Gasteiger partial charge is 0.368 e. The highest BCUT2D eigenvalue weighted by atomic mass is 35.5. The van der Waals surface area contributed by atoms with Gasteiger partial charge in [0.05, 0.1) is 0 Å². The van der Waals surface area contributed by atoms with E-state index in [0.717, 1.165) is 36.9 Å². The smallest absolute Gasteiger partial charge is 0.222 e. The molecule has 29 heavy (non-hydrogen) atoms. The molecule has 1 aromatic rings. The van der Waals surface area contributed by atoms with Crippen LogP contribution in [0.2, 0.25) is 5.02 Å². The third-order valence-corrected chi connectivity index (χ3v) is 6.31. The Hall–Kier alpha value is -1.75. The lowest BCUT2D eigenvalue weighted by atomic mass is 9.91. The van der Waals surface area contributed by atoms with Crippen LogP contribution >= 0.6 is 11.6 Å². The topological polar surface area (TPSA) is 43.9 Å². The molecule has 0 aliphatic carbocycles. The number of halogens is 1. The Balaban J connectivity index is 1.44. The molecule has 0 saturated carbocycles. The Morgan fingerprint density at radius 3 is 2.17 bits per heavy atom. The summed E-state index contributed by atoms with van der Waals surface area (Å²) in [7, 11) is 0. The molecule has 0 radical (unpaired) electrons. The van der Waals surface area contributed by atoms with Crippen molar-refractivity contribution in [1.29, 1.82) is 0 Å². The molecule has 3 rings (SSSR count). The van der Waals surface area contributed by atoms with Crippen LogP contribution < -0.4 is 4.90 Å². The Labute approximate surface area is 180 Å². The fraction of sp³-hybridized carbons (Fsp3) is 0.652. The molecular formula is C23H34ClN3O2. The second-order valence-electron chi connectivity index (χ2n) is 9.11. The zero-order chi connectivity index (χ0) is 21.0. The summed E-state index contributed by atoms with van der Waals surface area (Å²) < 4.78 is 0. The number of piperidine rings is 1. The summed E-state index contributed by atoms with van der Waals surface area (Å²) in [6.07, 6.45) is 2.11. The molecule has 5 nitrogen and oxygen atoms in total. The number of piperazine rings is 1. The van der Waals surface area contributed by atoms with Gasteiger partial charge in [-0.25, -0.2) is 0 Å². The zero-order valence-electron chi connectivity index (χ0n) is 17.9. The Bertz CT molecular complexity index is 708. The van der Waals surface area contributed by atoms with Crippen molar-refractivity contribution in [1.82, 2.24) is 9.80 Å². The maximum absolute atomic E-state index is 12.7. The first-order valence-electron chi connectivity index (χ1n) is 10.9. The summed E-state index contributed by atoms with van der Waals surface area (Å²) in [5, 5.41) is 0.733. The highest BCUT2D eigenvalue weighted by Gasteiger charge is 2.28. The van der Waals surface area contributed by atoms with Crippen molar-refractivity contribution in [2.24, 2.45) is 17.8 Å². The lowest BCUT2D eigenvalue weighted by molar-refractivity contribution is -0.136. The SMILES string of the molecule is C[C@H](CC(=O)N1CCN(c2cccc(Cl)c2)CC1)CC(=O)N1C[C@@H](C)C[C@H](C)C1. The highest BCUT2D eigenvalue weighted by molar-refractivity contribution is 6.30. The zero-order valence-corrected chi connectivity index (χ0v) is 18.7. The van der Waals surface area contributed by atoms with Crippen molar-refractivity contribution in [2.45, 2.75) is 40.0 Å². The average Bonchev–Trinajstić information content (AvgIpc) is 2.67. The molecule has 0 aromatic heterocycles. The Morgan fingerprint density at radius 1 is 1.00 bits per heavy atom. The molecule has 0 unspecified atom stereocenters. The number of anilines is 1. The highest BCUT2D eigenvalue weighted by Crippen LogP contribution is 2.24. The standard InChI is InChI=1S/C23H34ClN3O2/c1-17(13-23(29)27-15-18(2)11-19(3)16-27)12-22(28)26-9-7-25(8-10-26)21-6-4-5-20(24)14-21/h4-6,14,17-19H,7-13,15-16H2,1-3H3/t17-,18+,19+/m1/s1. The molecule has 2 saturated heterocycles. The number of carbonyl (C=O) groups excluding carboxylic acids is 2. The van der Waals surface area contributed by atoms with Crippen LogP contribution in [0.25, 0.3) is 0 Å². The number of rotatable bonds is 5. The molecule has 2 aliphatic heterocycles. The van der Waals surface area contributed by atoms with Crippen LogP contribution in [0.5, 0.6) is 0 Å². The van der Waals surface area contributed by atoms with E-state index in [0.29, 0.717) is 37.8 Å². The molecule has 6 heteroatoms. The molecule has 3 atom stereocenters. The van der Waals surface area contributed by atoms with E-state index in [2.05, 4.69) is 24.8 Å². The number of amides is 2. The van der Waals surface area contributed by atoms with E-state index in [1.807, 2.05) is 34.9 Å². The summed E-state index contributed by atoms with van der Waals surface area (Å²) in [6, 6.07) is 7.85. The van der Waals surface area contributed by atoms with Crippen LogP contribution in [0.15, 0.2) is 24.3 Å². The third kappa shape index (κ3) is 6.11. The van der Waals surface area contributed by atoms with Gasteiger partial charge in [0, 0.05) is 62.8 Å². The number of likely N-dealkylation sites (tertiary alicyclic amines) is 1. The maximum atomic E-state index is 12.7. The molecule has 160 valence electrons. The van der Waals surface area contributed by atoms with E-state index in [9.17, 15) is 9.59 Å². The van der Waals surface area contributed by atoms with E-state index in [4.69, 9.17) is 11.6 Å². The normalized spacial score (nSPS) is 23.8. The van der Waals surface area contributed by atoms with Gasteiger partial charge < -0.3 is 14.7 Å². The van der Waals surface area contributed by atoms with Gasteiger partial charge in [0.1, 0.15) is 0 Å². The fourth-order valence-electron chi connectivity index (χ4n) is 4.68. The van der Waals surface area contributed by atoms with Crippen molar-refractivity contribution in [3.8, 4) is 0 Å². The Morgan fingerprint density at radius 2 is 1.59 bits per heavy atom. The third-order valence-electron chi connectivity index (χ3n) is 6.07. The molecule has 0 spiro atoms. The number of nitrogens with zero attached hydrogens (tertiary/aromatic N) is 3.